The molecule has 0 bridgehead atoms. The van der Waals surface area contributed by atoms with E-state index in [9.17, 15) is 19.8 Å². The number of amides is 1. The van der Waals surface area contributed by atoms with Crippen molar-refractivity contribution >= 4 is 11.9 Å². The number of carbonyl (C=O) groups excluding carboxylic acids is 2. The molecular weight excluding hydrogens is 851 g/mol. The highest BCUT2D eigenvalue weighted by Gasteiger charge is 2.20. The van der Waals surface area contributed by atoms with Crippen LogP contribution in [0.2, 0.25) is 0 Å². The number of allylic oxidation sites excluding steroid dienone is 2. The van der Waals surface area contributed by atoms with Crippen molar-refractivity contribution in [2.24, 2.45) is 0 Å². The number of rotatable bonds is 59. The van der Waals surface area contributed by atoms with E-state index in [-0.39, 0.29) is 18.5 Å². The maximum Gasteiger partial charge on any atom is 0.305 e. The number of aliphatic hydroxyl groups is 2. The van der Waals surface area contributed by atoms with Crippen LogP contribution in [-0.2, 0) is 14.3 Å². The van der Waals surface area contributed by atoms with Crippen molar-refractivity contribution in [2.45, 2.75) is 366 Å². The Morgan fingerprint density at radius 1 is 0.391 bits per heavy atom. The first kappa shape index (κ1) is 67.6. The Bertz CT molecular complexity index is 1030. The van der Waals surface area contributed by atoms with E-state index in [1.165, 1.54) is 276 Å². The van der Waals surface area contributed by atoms with Gasteiger partial charge in [-0.2, -0.15) is 0 Å². The minimum atomic E-state index is -0.658. The molecule has 6 nitrogen and oxygen atoms in total. The number of carbonyl (C=O) groups is 2. The minimum absolute atomic E-state index is 0.0103. The molecule has 0 rings (SSSR count). The molecule has 3 N–H and O–H groups in total. The number of aliphatic hydroxyl groups excluding tert-OH is 2. The van der Waals surface area contributed by atoms with Crippen molar-refractivity contribution in [3.05, 3.63) is 12.2 Å². The molecule has 0 fully saturated rings. The second kappa shape index (κ2) is 59.2. The molecule has 1 amide bonds. The Hall–Kier alpha value is -1.40. The summed E-state index contributed by atoms with van der Waals surface area (Å²) in [7, 11) is 0. The third-order valence-corrected chi connectivity index (χ3v) is 14.8. The van der Waals surface area contributed by atoms with E-state index < -0.39 is 12.1 Å². The standard InChI is InChI=1S/C63H123NO5/c1-3-5-7-9-11-13-15-37-41-45-49-53-57-63(68)69-58-54-50-46-42-38-35-33-31-29-27-25-23-21-19-17-16-18-20-22-24-26-28-30-32-34-36-40-44-48-52-56-62(67)64-60(59-65)61(66)55-51-47-43-39-14-12-10-8-6-4-2/h11,13,60-61,65-66H,3-10,12,14-59H2,1-2H3,(H,64,67)/b13-11-. The molecule has 0 aliphatic rings. The minimum Gasteiger partial charge on any atom is -0.466 e. The van der Waals surface area contributed by atoms with Gasteiger partial charge in [-0.1, -0.05) is 302 Å². The highest BCUT2D eigenvalue weighted by Crippen LogP contribution is 2.18. The molecule has 0 aliphatic heterocycles. The van der Waals surface area contributed by atoms with E-state index in [2.05, 4.69) is 31.3 Å². The van der Waals surface area contributed by atoms with Gasteiger partial charge in [-0.25, -0.2) is 0 Å². The lowest BCUT2D eigenvalue weighted by Gasteiger charge is -2.22. The van der Waals surface area contributed by atoms with Crippen molar-refractivity contribution in [3.63, 3.8) is 0 Å². The number of hydrogen-bond acceptors (Lipinski definition) is 5. The summed E-state index contributed by atoms with van der Waals surface area (Å²) in [6.45, 7) is 4.93. The first-order valence-electron chi connectivity index (χ1n) is 31.4. The summed E-state index contributed by atoms with van der Waals surface area (Å²) in [5.74, 6) is -0.0208. The Balaban J connectivity index is 3.30. The average Bonchev–Trinajstić information content (AvgIpc) is 3.35. The molecule has 0 heterocycles. The lowest BCUT2D eigenvalue weighted by Crippen LogP contribution is -2.45. The predicted molar refractivity (Wildman–Crippen MR) is 301 cm³/mol. The van der Waals surface area contributed by atoms with Gasteiger partial charge in [0.1, 0.15) is 0 Å². The highest BCUT2D eigenvalue weighted by molar-refractivity contribution is 5.76. The molecule has 69 heavy (non-hydrogen) atoms. The zero-order valence-electron chi connectivity index (χ0n) is 46.8. The lowest BCUT2D eigenvalue weighted by molar-refractivity contribution is -0.143. The van der Waals surface area contributed by atoms with Gasteiger partial charge in [0.25, 0.3) is 0 Å². The molecule has 0 radical (unpaired) electrons. The highest BCUT2D eigenvalue weighted by atomic mass is 16.5. The largest absolute Gasteiger partial charge is 0.466 e. The Labute approximate surface area is 431 Å². The molecule has 0 spiro atoms. The summed E-state index contributed by atoms with van der Waals surface area (Å²) >= 11 is 0. The zero-order valence-corrected chi connectivity index (χ0v) is 46.8. The molecular formula is C63H123NO5. The summed E-state index contributed by atoms with van der Waals surface area (Å²) < 4.78 is 5.47. The third kappa shape index (κ3) is 55.8. The van der Waals surface area contributed by atoms with Crippen LogP contribution in [0.5, 0.6) is 0 Å². The van der Waals surface area contributed by atoms with E-state index in [0.29, 0.717) is 25.9 Å². The molecule has 6 heteroatoms. The molecule has 0 aromatic heterocycles. The van der Waals surface area contributed by atoms with Crippen molar-refractivity contribution < 1.29 is 24.5 Å². The maximum absolute atomic E-state index is 12.4. The molecule has 0 saturated heterocycles. The molecule has 410 valence electrons. The molecule has 2 atom stereocenters. The van der Waals surface area contributed by atoms with Crippen LogP contribution in [-0.4, -0.2) is 47.4 Å². The topological polar surface area (TPSA) is 95.9 Å². The van der Waals surface area contributed by atoms with Gasteiger partial charge < -0.3 is 20.3 Å². The number of ether oxygens (including phenoxy) is 1. The summed E-state index contributed by atoms with van der Waals surface area (Å²) in [5.41, 5.74) is 0. The Morgan fingerprint density at radius 3 is 1.06 bits per heavy atom. The van der Waals surface area contributed by atoms with E-state index in [1.54, 1.807) is 0 Å². The second-order valence-electron chi connectivity index (χ2n) is 21.7. The number of unbranched alkanes of at least 4 members (excludes halogenated alkanes) is 46. The van der Waals surface area contributed by atoms with Crippen molar-refractivity contribution in [1.29, 1.82) is 0 Å². The van der Waals surface area contributed by atoms with E-state index in [0.717, 1.165) is 44.9 Å². The smallest absolute Gasteiger partial charge is 0.305 e. The summed E-state index contributed by atoms with van der Waals surface area (Å²) in [6, 6.07) is -0.535. The molecule has 2 unspecified atom stereocenters. The fraction of sp³-hybridized carbons (Fsp3) is 0.937. The van der Waals surface area contributed by atoms with Gasteiger partial charge in [0.2, 0.25) is 5.91 Å². The predicted octanol–water partition coefficient (Wildman–Crippen LogP) is 19.6. The Morgan fingerprint density at radius 2 is 0.681 bits per heavy atom. The van der Waals surface area contributed by atoms with Crippen LogP contribution in [0.15, 0.2) is 12.2 Å². The monoisotopic (exact) mass is 974 g/mol. The average molecular weight is 975 g/mol. The van der Waals surface area contributed by atoms with Crippen LogP contribution in [0.4, 0.5) is 0 Å². The fourth-order valence-corrected chi connectivity index (χ4v) is 9.99. The fourth-order valence-electron chi connectivity index (χ4n) is 9.99. The molecule has 0 aliphatic carbocycles. The first-order chi connectivity index (χ1) is 34.0. The third-order valence-electron chi connectivity index (χ3n) is 14.8. The van der Waals surface area contributed by atoms with Gasteiger partial charge in [-0.3, -0.25) is 9.59 Å². The normalized spacial score (nSPS) is 12.6. The van der Waals surface area contributed by atoms with Crippen LogP contribution in [0.3, 0.4) is 0 Å². The van der Waals surface area contributed by atoms with Gasteiger partial charge in [0, 0.05) is 12.8 Å². The van der Waals surface area contributed by atoms with Crippen LogP contribution < -0.4 is 5.32 Å². The first-order valence-corrected chi connectivity index (χ1v) is 31.4. The zero-order chi connectivity index (χ0) is 50.0. The van der Waals surface area contributed by atoms with Crippen molar-refractivity contribution in [2.75, 3.05) is 13.2 Å². The van der Waals surface area contributed by atoms with Gasteiger partial charge in [-0.15, -0.1) is 0 Å². The Kier molecular flexibility index (Phi) is 58.0. The molecule has 0 aromatic rings. The van der Waals surface area contributed by atoms with Crippen LogP contribution in [0, 0.1) is 0 Å². The summed E-state index contributed by atoms with van der Waals surface area (Å²) in [4.78, 5) is 24.4. The SMILES string of the molecule is CCCCC/C=C\CCCCCCCC(=O)OCCCCCCCCCCCCCCCCCCCCCCCCCCCCCCCCC(=O)NC(CO)C(O)CCCCCCCCCCCC. The van der Waals surface area contributed by atoms with Gasteiger partial charge >= 0.3 is 5.97 Å². The second-order valence-corrected chi connectivity index (χ2v) is 21.7. The summed E-state index contributed by atoms with van der Waals surface area (Å²) in [6.07, 6.45) is 71.0. The van der Waals surface area contributed by atoms with Crippen molar-refractivity contribution in [1.82, 2.24) is 5.32 Å². The number of esters is 1. The van der Waals surface area contributed by atoms with E-state index >= 15 is 0 Å². The lowest BCUT2D eigenvalue weighted by atomic mass is 10.0. The van der Waals surface area contributed by atoms with E-state index in [4.69, 9.17) is 4.74 Å². The van der Waals surface area contributed by atoms with Crippen LogP contribution >= 0.6 is 0 Å². The number of hydrogen-bond donors (Lipinski definition) is 3. The molecule has 0 saturated carbocycles. The van der Waals surface area contributed by atoms with E-state index in [1.807, 2.05) is 0 Å². The van der Waals surface area contributed by atoms with Crippen LogP contribution in [0.1, 0.15) is 354 Å². The molecule has 0 aromatic carbocycles. The summed E-state index contributed by atoms with van der Waals surface area (Å²) in [5, 5.41) is 23.2. The maximum atomic E-state index is 12.4. The van der Waals surface area contributed by atoms with Crippen molar-refractivity contribution in [3.8, 4) is 0 Å². The number of nitrogens with one attached hydrogen (secondary N) is 1. The quantitative estimate of drug-likeness (QED) is 0.0321. The van der Waals surface area contributed by atoms with Gasteiger partial charge in [-0.05, 0) is 51.4 Å². The van der Waals surface area contributed by atoms with Gasteiger partial charge in [0.15, 0.2) is 0 Å². The van der Waals surface area contributed by atoms with Crippen LogP contribution in [0.25, 0.3) is 0 Å². The van der Waals surface area contributed by atoms with Gasteiger partial charge in [0.05, 0.1) is 25.4 Å².